The minimum absolute atomic E-state index is 0.248. The Labute approximate surface area is 212 Å². The van der Waals surface area contributed by atoms with Crippen LogP contribution in [-0.2, 0) is 4.74 Å². The van der Waals surface area contributed by atoms with E-state index in [9.17, 15) is 4.79 Å². The highest BCUT2D eigenvalue weighted by Crippen LogP contribution is 2.31. The van der Waals surface area contributed by atoms with Crippen LogP contribution in [0.5, 0.6) is 5.75 Å². The number of para-hydroxylation sites is 1. The van der Waals surface area contributed by atoms with Gasteiger partial charge in [0.05, 0.1) is 16.6 Å². The van der Waals surface area contributed by atoms with Gasteiger partial charge in [0.15, 0.2) is 5.82 Å². The van der Waals surface area contributed by atoms with Gasteiger partial charge in [0.2, 0.25) is 5.95 Å². The average Bonchev–Trinajstić information content (AvgIpc) is 3.32. The highest BCUT2D eigenvalue weighted by Gasteiger charge is 2.20. The Morgan fingerprint density at radius 3 is 2.73 bits per heavy atom. The van der Waals surface area contributed by atoms with Crippen LogP contribution in [0, 0.1) is 0 Å². The Hall–Kier alpha value is -4.57. The molecule has 0 spiro atoms. The van der Waals surface area contributed by atoms with E-state index >= 15 is 0 Å². The van der Waals surface area contributed by atoms with Crippen LogP contribution < -0.4 is 15.4 Å². The fourth-order valence-corrected chi connectivity index (χ4v) is 4.44. The second-order valence-electron chi connectivity index (χ2n) is 8.72. The van der Waals surface area contributed by atoms with Crippen molar-refractivity contribution in [2.24, 2.45) is 0 Å². The molecule has 1 saturated heterocycles. The quantitative estimate of drug-likeness (QED) is 0.370. The fraction of sp³-hybridized carbons (Fsp3) is 0.222. The topological polar surface area (TPSA) is 116 Å². The number of nitrogens with zero attached hydrogens (tertiary/aromatic N) is 5. The number of fused-ring (bicyclic) bond motifs is 2. The molecule has 10 nitrogen and oxygen atoms in total. The molecule has 2 aromatic carbocycles. The molecular weight excluding hydrogens is 470 g/mol. The van der Waals surface area contributed by atoms with E-state index in [1.807, 2.05) is 53.1 Å². The third-order valence-corrected chi connectivity index (χ3v) is 6.29. The summed E-state index contributed by atoms with van der Waals surface area (Å²) in [5, 5.41) is 6.94. The largest absolute Gasteiger partial charge is 0.412 e. The van der Waals surface area contributed by atoms with Gasteiger partial charge in [-0.3, -0.25) is 4.57 Å². The van der Waals surface area contributed by atoms with Crippen molar-refractivity contribution in [3.05, 3.63) is 66.9 Å². The lowest BCUT2D eigenvalue weighted by Crippen LogP contribution is -2.28. The van der Waals surface area contributed by atoms with Crippen molar-refractivity contribution in [2.45, 2.75) is 18.9 Å². The fourth-order valence-electron chi connectivity index (χ4n) is 4.44. The van der Waals surface area contributed by atoms with E-state index in [2.05, 4.69) is 15.6 Å². The number of hydrogen-bond donors (Lipinski definition) is 2. The van der Waals surface area contributed by atoms with Gasteiger partial charge in [-0.1, -0.05) is 24.3 Å². The summed E-state index contributed by atoms with van der Waals surface area (Å²) in [5.41, 5.74) is 3.00. The maximum Gasteiger partial charge on any atom is 0.412 e. The Morgan fingerprint density at radius 1 is 1.00 bits per heavy atom. The summed E-state index contributed by atoms with van der Waals surface area (Å²) >= 11 is 0. The summed E-state index contributed by atoms with van der Waals surface area (Å²) in [7, 11) is 1.52. The van der Waals surface area contributed by atoms with Crippen molar-refractivity contribution in [1.29, 1.82) is 0 Å². The monoisotopic (exact) mass is 495 g/mol. The van der Waals surface area contributed by atoms with Gasteiger partial charge >= 0.3 is 6.09 Å². The molecule has 37 heavy (non-hydrogen) atoms. The predicted octanol–water partition coefficient (Wildman–Crippen LogP) is 4.34. The Balaban J connectivity index is 1.49. The van der Waals surface area contributed by atoms with E-state index in [0.717, 1.165) is 42.5 Å². The van der Waals surface area contributed by atoms with Crippen LogP contribution in [0.3, 0.4) is 0 Å². The summed E-state index contributed by atoms with van der Waals surface area (Å²) in [6.45, 7) is 1.44. The Bertz CT molecular complexity index is 1590. The van der Waals surface area contributed by atoms with Crippen LogP contribution in [0.25, 0.3) is 39.3 Å². The smallest absolute Gasteiger partial charge is 0.410 e. The molecule has 186 valence electrons. The molecule has 1 amide bonds. The van der Waals surface area contributed by atoms with Gasteiger partial charge in [0.1, 0.15) is 17.3 Å². The molecule has 10 heteroatoms. The average molecular weight is 496 g/mol. The van der Waals surface area contributed by atoms with Gasteiger partial charge in [0, 0.05) is 44.0 Å². The van der Waals surface area contributed by atoms with Gasteiger partial charge < -0.3 is 20.1 Å². The third kappa shape index (κ3) is 4.66. The second kappa shape index (κ2) is 9.82. The normalized spacial score (nSPS) is 14.1. The molecule has 3 aromatic heterocycles. The van der Waals surface area contributed by atoms with Crippen molar-refractivity contribution in [2.75, 3.05) is 25.6 Å². The number of carbonyl (C=O) groups is 1. The summed E-state index contributed by atoms with van der Waals surface area (Å²) in [6.07, 6.45) is 2.97. The van der Waals surface area contributed by atoms with Crippen LogP contribution in [0.1, 0.15) is 12.8 Å². The molecule has 0 aliphatic carbocycles. The first kappa shape index (κ1) is 22.9. The SMILES string of the molecule is CNC(=O)Oc1ccc2nc(-c3ccc4ccccc4n3)n(-c3ccnc(NC4CCOCC4)n3)c2c1. The second-order valence-corrected chi connectivity index (χ2v) is 8.72. The number of nitrogens with one attached hydrogen (secondary N) is 2. The van der Waals surface area contributed by atoms with Crippen LogP contribution >= 0.6 is 0 Å². The molecule has 0 unspecified atom stereocenters. The van der Waals surface area contributed by atoms with E-state index in [0.29, 0.717) is 34.6 Å². The predicted molar refractivity (Wildman–Crippen MR) is 140 cm³/mol. The first-order valence-electron chi connectivity index (χ1n) is 12.1. The molecule has 1 aliphatic rings. The summed E-state index contributed by atoms with van der Waals surface area (Å²) in [4.78, 5) is 30.9. The van der Waals surface area contributed by atoms with Gasteiger partial charge in [0.25, 0.3) is 0 Å². The highest BCUT2D eigenvalue weighted by molar-refractivity contribution is 5.86. The molecule has 4 heterocycles. The number of ether oxygens (including phenoxy) is 2. The van der Waals surface area contributed by atoms with Gasteiger partial charge in [-0.05, 0) is 43.2 Å². The maximum atomic E-state index is 11.9. The van der Waals surface area contributed by atoms with Crippen molar-refractivity contribution in [3.8, 4) is 23.1 Å². The number of imidazole rings is 1. The number of carbonyl (C=O) groups excluding carboxylic acids is 1. The summed E-state index contributed by atoms with van der Waals surface area (Å²) in [6, 6.07) is 19.3. The number of benzene rings is 2. The number of rotatable bonds is 5. The zero-order chi connectivity index (χ0) is 25.2. The first-order valence-corrected chi connectivity index (χ1v) is 12.1. The minimum atomic E-state index is -0.549. The van der Waals surface area contributed by atoms with Gasteiger partial charge in [-0.2, -0.15) is 4.98 Å². The van der Waals surface area contributed by atoms with E-state index in [-0.39, 0.29) is 6.04 Å². The number of anilines is 1. The maximum absolute atomic E-state index is 11.9. The standard InChI is InChI=1S/C27H25N7O3/c1-28-27(35)37-19-7-9-21-23(16-19)34(24-10-13-29-26(33-24)30-18-11-14-36-15-12-18)25(32-21)22-8-6-17-4-2-3-5-20(17)31-22/h2-10,13,16,18H,11-12,14-15H2,1H3,(H,28,35)(H,29,30,33). The van der Waals surface area contributed by atoms with Crippen LogP contribution in [-0.4, -0.2) is 56.9 Å². The first-order chi connectivity index (χ1) is 18.2. The van der Waals surface area contributed by atoms with E-state index in [1.165, 1.54) is 7.05 Å². The number of pyridine rings is 1. The molecule has 0 radical (unpaired) electrons. The molecule has 6 rings (SSSR count). The summed E-state index contributed by atoms with van der Waals surface area (Å²) < 4.78 is 12.8. The highest BCUT2D eigenvalue weighted by atomic mass is 16.5. The van der Waals surface area contributed by atoms with Crippen LogP contribution in [0.2, 0.25) is 0 Å². The lowest BCUT2D eigenvalue weighted by Gasteiger charge is -2.23. The summed E-state index contributed by atoms with van der Waals surface area (Å²) in [5.74, 6) is 2.16. The van der Waals surface area contributed by atoms with Crippen molar-refractivity contribution in [3.63, 3.8) is 0 Å². The zero-order valence-corrected chi connectivity index (χ0v) is 20.2. The van der Waals surface area contributed by atoms with E-state index in [4.69, 9.17) is 24.4 Å². The van der Waals surface area contributed by atoms with E-state index < -0.39 is 6.09 Å². The van der Waals surface area contributed by atoms with Crippen molar-refractivity contribution < 1.29 is 14.3 Å². The Morgan fingerprint density at radius 2 is 1.86 bits per heavy atom. The Kier molecular flexibility index (Phi) is 6.07. The lowest BCUT2D eigenvalue weighted by molar-refractivity contribution is 0.0903. The van der Waals surface area contributed by atoms with Crippen LogP contribution in [0.15, 0.2) is 66.9 Å². The number of hydrogen-bond acceptors (Lipinski definition) is 8. The minimum Gasteiger partial charge on any atom is -0.410 e. The molecule has 1 aliphatic heterocycles. The molecule has 2 N–H and O–H groups in total. The molecular formula is C27H25N7O3. The molecule has 0 saturated carbocycles. The molecule has 0 bridgehead atoms. The molecule has 1 fully saturated rings. The third-order valence-electron chi connectivity index (χ3n) is 6.29. The van der Waals surface area contributed by atoms with E-state index in [1.54, 1.807) is 18.3 Å². The zero-order valence-electron chi connectivity index (χ0n) is 20.2. The molecule has 5 aromatic rings. The number of aromatic nitrogens is 5. The van der Waals surface area contributed by atoms with Gasteiger partial charge in [-0.15, -0.1) is 0 Å². The van der Waals surface area contributed by atoms with Gasteiger partial charge in [-0.25, -0.2) is 19.7 Å². The lowest BCUT2D eigenvalue weighted by atomic mass is 10.1. The van der Waals surface area contributed by atoms with Crippen LogP contribution in [0.4, 0.5) is 10.7 Å². The number of amides is 1. The molecule has 0 atom stereocenters. The van der Waals surface area contributed by atoms with Crippen molar-refractivity contribution >= 4 is 34.0 Å². The van der Waals surface area contributed by atoms with Crippen molar-refractivity contribution in [1.82, 2.24) is 29.8 Å².